The fraction of sp³-hybridized carbons (Fsp3) is 0.0952. The number of anilines is 3. The van der Waals surface area contributed by atoms with Crippen LogP contribution < -0.4 is 16.0 Å². The first-order chi connectivity index (χ1) is 13.4. The maximum absolute atomic E-state index is 12.5. The molecule has 7 heteroatoms. The molecule has 0 spiro atoms. The van der Waals surface area contributed by atoms with E-state index in [9.17, 15) is 14.4 Å². The SMILES string of the molecule is CC(=O)Nc1ccc(C)c(NC(=O)c2ccc(NC(=O)c3cccs3)cc2)c1. The summed E-state index contributed by atoms with van der Waals surface area (Å²) in [5.74, 6) is -0.641. The lowest BCUT2D eigenvalue weighted by atomic mass is 10.1. The molecule has 142 valence electrons. The first kappa shape index (κ1) is 19.3. The van der Waals surface area contributed by atoms with E-state index in [4.69, 9.17) is 0 Å². The quantitative estimate of drug-likeness (QED) is 0.596. The lowest BCUT2D eigenvalue weighted by Gasteiger charge is -2.11. The summed E-state index contributed by atoms with van der Waals surface area (Å²) >= 11 is 1.36. The highest BCUT2D eigenvalue weighted by Crippen LogP contribution is 2.21. The van der Waals surface area contributed by atoms with Crippen molar-refractivity contribution in [1.29, 1.82) is 0 Å². The van der Waals surface area contributed by atoms with Crippen LogP contribution in [0.2, 0.25) is 0 Å². The molecular formula is C21H19N3O3S. The Hall–Kier alpha value is -3.45. The molecule has 28 heavy (non-hydrogen) atoms. The number of benzene rings is 2. The second-order valence-corrected chi connectivity index (χ2v) is 7.12. The van der Waals surface area contributed by atoms with Crippen molar-refractivity contribution < 1.29 is 14.4 Å². The number of aryl methyl sites for hydroxylation is 1. The van der Waals surface area contributed by atoms with Crippen molar-refractivity contribution in [3.63, 3.8) is 0 Å². The molecule has 6 nitrogen and oxygen atoms in total. The Kier molecular flexibility index (Phi) is 5.86. The zero-order valence-corrected chi connectivity index (χ0v) is 16.2. The van der Waals surface area contributed by atoms with Crippen molar-refractivity contribution in [2.45, 2.75) is 13.8 Å². The summed E-state index contributed by atoms with van der Waals surface area (Å²) in [7, 11) is 0. The zero-order valence-electron chi connectivity index (χ0n) is 15.4. The molecule has 0 aliphatic heterocycles. The molecule has 0 atom stereocenters. The lowest BCUT2D eigenvalue weighted by Crippen LogP contribution is -2.14. The van der Waals surface area contributed by atoms with Gasteiger partial charge in [-0.2, -0.15) is 0 Å². The lowest BCUT2D eigenvalue weighted by molar-refractivity contribution is -0.114. The highest BCUT2D eigenvalue weighted by molar-refractivity contribution is 7.12. The van der Waals surface area contributed by atoms with E-state index in [1.165, 1.54) is 18.3 Å². The minimum atomic E-state index is -0.279. The molecule has 0 bridgehead atoms. The molecule has 0 unspecified atom stereocenters. The topological polar surface area (TPSA) is 87.3 Å². The third-order valence-electron chi connectivity index (χ3n) is 3.96. The molecule has 3 amide bonds. The van der Waals surface area contributed by atoms with Crippen molar-refractivity contribution in [3.8, 4) is 0 Å². The number of thiophene rings is 1. The summed E-state index contributed by atoms with van der Waals surface area (Å²) in [5, 5.41) is 10.2. The van der Waals surface area contributed by atoms with Crippen LogP contribution in [0.4, 0.5) is 17.1 Å². The normalized spacial score (nSPS) is 10.2. The molecule has 0 saturated carbocycles. The third kappa shape index (κ3) is 4.83. The number of hydrogen-bond donors (Lipinski definition) is 3. The van der Waals surface area contributed by atoms with Gasteiger partial charge in [0.05, 0.1) is 4.88 Å². The molecule has 0 saturated heterocycles. The summed E-state index contributed by atoms with van der Waals surface area (Å²) in [5.41, 5.74) is 3.17. The van der Waals surface area contributed by atoms with Gasteiger partial charge in [-0.3, -0.25) is 14.4 Å². The van der Waals surface area contributed by atoms with Gasteiger partial charge >= 0.3 is 0 Å². The fourth-order valence-electron chi connectivity index (χ4n) is 2.54. The minimum absolute atomic E-state index is 0.179. The molecule has 3 rings (SSSR count). The molecule has 1 aromatic heterocycles. The van der Waals surface area contributed by atoms with Crippen molar-refractivity contribution in [2.24, 2.45) is 0 Å². The fourth-order valence-corrected chi connectivity index (χ4v) is 3.16. The van der Waals surface area contributed by atoms with Crippen LogP contribution in [0.15, 0.2) is 60.0 Å². The summed E-state index contributed by atoms with van der Waals surface area (Å²) in [6.45, 7) is 3.30. The van der Waals surface area contributed by atoms with E-state index < -0.39 is 0 Å². The maximum Gasteiger partial charge on any atom is 0.265 e. The Bertz CT molecular complexity index is 1010. The van der Waals surface area contributed by atoms with Gasteiger partial charge in [0.2, 0.25) is 5.91 Å². The van der Waals surface area contributed by atoms with E-state index in [0.29, 0.717) is 27.5 Å². The number of nitrogens with one attached hydrogen (secondary N) is 3. The van der Waals surface area contributed by atoms with Crippen LogP contribution in [0.5, 0.6) is 0 Å². The van der Waals surface area contributed by atoms with Gasteiger partial charge in [-0.05, 0) is 60.3 Å². The summed E-state index contributed by atoms with van der Waals surface area (Å²) in [6.07, 6.45) is 0. The molecule has 0 fully saturated rings. The predicted molar refractivity (Wildman–Crippen MR) is 112 cm³/mol. The minimum Gasteiger partial charge on any atom is -0.326 e. The first-order valence-electron chi connectivity index (χ1n) is 8.57. The highest BCUT2D eigenvalue weighted by Gasteiger charge is 2.11. The highest BCUT2D eigenvalue weighted by atomic mass is 32.1. The average molecular weight is 393 g/mol. The number of amides is 3. The van der Waals surface area contributed by atoms with Crippen LogP contribution in [0, 0.1) is 6.92 Å². The Balaban J connectivity index is 1.68. The van der Waals surface area contributed by atoms with Gasteiger partial charge < -0.3 is 16.0 Å². The second-order valence-electron chi connectivity index (χ2n) is 6.17. The van der Waals surface area contributed by atoms with Crippen molar-refractivity contribution in [3.05, 3.63) is 76.0 Å². The largest absolute Gasteiger partial charge is 0.326 e. The predicted octanol–water partition coefficient (Wildman–Crippen LogP) is 4.52. The van der Waals surface area contributed by atoms with Crippen molar-refractivity contribution >= 4 is 46.1 Å². The van der Waals surface area contributed by atoms with E-state index in [1.54, 1.807) is 42.5 Å². The maximum atomic E-state index is 12.5. The van der Waals surface area contributed by atoms with E-state index in [-0.39, 0.29) is 17.7 Å². The molecule has 1 heterocycles. The molecule has 0 aliphatic rings. The van der Waals surface area contributed by atoms with Crippen LogP contribution in [-0.4, -0.2) is 17.7 Å². The molecule has 0 aliphatic carbocycles. The molecular weight excluding hydrogens is 374 g/mol. The van der Waals surface area contributed by atoms with Gasteiger partial charge in [-0.1, -0.05) is 12.1 Å². The van der Waals surface area contributed by atoms with Crippen LogP contribution in [-0.2, 0) is 4.79 Å². The Labute approximate surface area is 166 Å². The van der Waals surface area contributed by atoms with Crippen LogP contribution in [0.3, 0.4) is 0 Å². The summed E-state index contributed by atoms with van der Waals surface area (Å²) in [6, 6.07) is 15.5. The molecule has 3 aromatic rings. The van der Waals surface area contributed by atoms with Crippen molar-refractivity contribution in [2.75, 3.05) is 16.0 Å². The van der Waals surface area contributed by atoms with E-state index in [2.05, 4.69) is 16.0 Å². The van der Waals surface area contributed by atoms with Gasteiger partial charge in [-0.15, -0.1) is 11.3 Å². The van der Waals surface area contributed by atoms with E-state index in [0.717, 1.165) is 5.56 Å². The number of hydrogen-bond acceptors (Lipinski definition) is 4. The van der Waals surface area contributed by atoms with Gasteiger partial charge in [0.15, 0.2) is 0 Å². The smallest absolute Gasteiger partial charge is 0.265 e. The van der Waals surface area contributed by atoms with Crippen molar-refractivity contribution in [1.82, 2.24) is 0 Å². The first-order valence-corrected chi connectivity index (χ1v) is 9.45. The standard InChI is InChI=1S/C21H19N3O3S/c1-13-5-8-17(22-14(2)25)12-18(13)24-20(26)15-6-9-16(10-7-15)23-21(27)19-4-3-11-28-19/h3-12H,1-2H3,(H,22,25)(H,23,27)(H,24,26). The Morgan fingerprint density at radius 2 is 1.54 bits per heavy atom. The Morgan fingerprint density at radius 3 is 2.18 bits per heavy atom. The average Bonchev–Trinajstić information content (AvgIpc) is 3.19. The van der Waals surface area contributed by atoms with Crippen LogP contribution in [0.1, 0.15) is 32.5 Å². The van der Waals surface area contributed by atoms with Crippen LogP contribution >= 0.6 is 11.3 Å². The molecule has 2 aromatic carbocycles. The van der Waals surface area contributed by atoms with Gasteiger partial charge in [0.1, 0.15) is 0 Å². The second kappa shape index (κ2) is 8.49. The van der Waals surface area contributed by atoms with Gasteiger partial charge in [0.25, 0.3) is 11.8 Å². The zero-order chi connectivity index (χ0) is 20.1. The molecule has 3 N–H and O–H groups in total. The summed E-state index contributed by atoms with van der Waals surface area (Å²) < 4.78 is 0. The van der Waals surface area contributed by atoms with E-state index in [1.807, 2.05) is 24.4 Å². The van der Waals surface area contributed by atoms with Gasteiger partial charge in [-0.25, -0.2) is 0 Å². The third-order valence-corrected chi connectivity index (χ3v) is 4.82. The monoisotopic (exact) mass is 393 g/mol. The Morgan fingerprint density at radius 1 is 0.821 bits per heavy atom. The number of carbonyl (C=O) groups excluding carboxylic acids is 3. The number of carbonyl (C=O) groups is 3. The molecule has 0 radical (unpaired) electrons. The van der Waals surface area contributed by atoms with Crippen LogP contribution in [0.25, 0.3) is 0 Å². The van der Waals surface area contributed by atoms with E-state index >= 15 is 0 Å². The number of rotatable bonds is 5. The summed E-state index contributed by atoms with van der Waals surface area (Å²) in [4.78, 5) is 36.4. The van der Waals surface area contributed by atoms with Gasteiger partial charge in [0, 0.05) is 29.5 Å².